The van der Waals surface area contributed by atoms with Gasteiger partial charge in [0.25, 0.3) is 0 Å². The molecule has 2 heterocycles. The summed E-state index contributed by atoms with van der Waals surface area (Å²) in [5.74, 6) is 0.225. The summed E-state index contributed by atoms with van der Waals surface area (Å²) in [6, 6.07) is -0.0566. The highest BCUT2D eigenvalue weighted by atomic mass is 35.5. The van der Waals surface area contributed by atoms with E-state index in [1.807, 2.05) is 4.90 Å². The largest absolute Gasteiger partial charge is 0.354 e. The molecule has 116 valence electrons. The third-order valence-corrected chi connectivity index (χ3v) is 3.97. The summed E-state index contributed by atoms with van der Waals surface area (Å²) in [6.45, 7) is 3.16. The molecule has 20 heavy (non-hydrogen) atoms. The van der Waals surface area contributed by atoms with Crippen LogP contribution in [-0.4, -0.2) is 48.9 Å². The van der Waals surface area contributed by atoms with Crippen LogP contribution in [0.3, 0.4) is 0 Å². The lowest BCUT2D eigenvalue weighted by molar-refractivity contribution is -0.132. The lowest BCUT2D eigenvalue weighted by Gasteiger charge is -2.27. The molecule has 2 fully saturated rings. The second-order valence-corrected chi connectivity index (χ2v) is 5.48. The van der Waals surface area contributed by atoms with Gasteiger partial charge in [0, 0.05) is 26.1 Å². The van der Waals surface area contributed by atoms with Crippen LogP contribution >= 0.6 is 12.4 Å². The maximum atomic E-state index is 11.9. The van der Waals surface area contributed by atoms with E-state index >= 15 is 0 Å². The third-order valence-electron chi connectivity index (χ3n) is 3.97. The van der Waals surface area contributed by atoms with Crippen molar-refractivity contribution < 1.29 is 9.59 Å². The topological polar surface area (TPSA) is 61.4 Å². The van der Waals surface area contributed by atoms with Crippen molar-refractivity contribution in [3.8, 4) is 0 Å². The smallest absolute Gasteiger partial charge is 0.237 e. The first-order chi connectivity index (χ1) is 9.27. The molecule has 0 aromatic heterocycles. The summed E-state index contributed by atoms with van der Waals surface area (Å²) in [4.78, 5) is 25.7. The molecule has 2 amide bonds. The van der Waals surface area contributed by atoms with Crippen LogP contribution in [0.5, 0.6) is 0 Å². The number of nitrogens with zero attached hydrogens (tertiary/aromatic N) is 1. The van der Waals surface area contributed by atoms with Gasteiger partial charge in [-0.05, 0) is 38.6 Å². The summed E-state index contributed by atoms with van der Waals surface area (Å²) >= 11 is 0. The number of nitrogens with one attached hydrogen (secondary N) is 2. The maximum Gasteiger partial charge on any atom is 0.237 e. The fourth-order valence-corrected chi connectivity index (χ4v) is 2.79. The quantitative estimate of drug-likeness (QED) is 0.817. The van der Waals surface area contributed by atoms with Crippen LogP contribution < -0.4 is 10.6 Å². The van der Waals surface area contributed by atoms with Crippen molar-refractivity contribution in [2.45, 2.75) is 51.0 Å². The summed E-state index contributed by atoms with van der Waals surface area (Å²) in [5, 5.41) is 6.09. The first-order valence-electron chi connectivity index (χ1n) is 7.56. The van der Waals surface area contributed by atoms with E-state index in [0.29, 0.717) is 13.0 Å². The molecule has 0 aliphatic carbocycles. The minimum Gasteiger partial charge on any atom is -0.354 e. The SMILES string of the molecule is Cl.O=C(NCCC(=O)N1CCCCC1)C1CCCCN1. The molecular weight excluding hydrogens is 278 g/mol. The zero-order valence-corrected chi connectivity index (χ0v) is 12.8. The number of carbonyl (C=O) groups excluding carboxylic acids is 2. The van der Waals surface area contributed by atoms with Gasteiger partial charge in [0.15, 0.2) is 0 Å². The normalized spacial score (nSPS) is 22.8. The molecule has 0 aromatic rings. The van der Waals surface area contributed by atoms with Gasteiger partial charge in [0.1, 0.15) is 0 Å². The van der Waals surface area contributed by atoms with E-state index < -0.39 is 0 Å². The summed E-state index contributed by atoms with van der Waals surface area (Å²) in [6.07, 6.45) is 7.06. The number of hydrogen-bond donors (Lipinski definition) is 2. The van der Waals surface area contributed by atoms with Gasteiger partial charge in [-0.15, -0.1) is 12.4 Å². The van der Waals surface area contributed by atoms with Crippen molar-refractivity contribution >= 4 is 24.2 Å². The lowest BCUT2D eigenvalue weighted by atomic mass is 10.0. The standard InChI is InChI=1S/C14H25N3O2.ClH/c18-13(17-10-4-1-5-11-17)7-9-16-14(19)12-6-2-3-8-15-12;/h12,15H,1-11H2,(H,16,19);1H. The molecule has 1 atom stereocenters. The van der Waals surface area contributed by atoms with Crippen LogP contribution in [0.4, 0.5) is 0 Å². The predicted octanol–water partition coefficient (Wildman–Crippen LogP) is 1.07. The van der Waals surface area contributed by atoms with Crippen LogP contribution in [0.1, 0.15) is 44.9 Å². The van der Waals surface area contributed by atoms with Gasteiger partial charge in [-0.25, -0.2) is 0 Å². The van der Waals surface area contributed by atoms with Gasteiger partial charge in [-0.3, -0.25) is 9.59 Å². The Hall–Kier alpha value is -0.810. The molecule has 2 aliphatic heterocycles. The Labute approximate surface area is 127 Å². The van der Waals surface area contributed by atoms with Crippen molar-refractivity contribution in [2.75, 3.05) is 26.2 Å². The number of rotatable bonds is 4. The van der Waals surface area contributed by atoms with Gasteiger partial charge in [-0.1, -0.05) is 6.42 Å². The van der Waals surface area contributed by atoms with Crippen LogP contribution in [-0.2, 0) is 9.59 Å². The van der Waals surface area contributed by atoms with Crippen LogP contribution in [0.25, 0.3) is 0 Å². The molecule has 2 rings (SSSR count). The van der Waals surface area contributed by atoms with Gasteiger partial charge in [-0.2, -0.15) is 0 Å². The zero-order chi connectivity index (χ0) is 13.5. The fourth-order valence-electron chi connectivity index (χ4n) is 2.79. The average Bonchev–Trinajstić information content (AvgIpc) is 2.49. The number of hydrogen-bond acceptors (Lipinski definition) is 3. The van der Waals surface area contributed by atoms with Crippen molar-refractivity contribution in [3.05, 3.63) is 0 Å². The number of carbonyl (C=O) groups is 2. The molecule has 6 heteroatoms. The van der Waals surface area contributed by atoms with Gasteiger partial charge in [0.05, 0.1) is 6.04 Å². The molecule has 5 nitrogen and oxygen atoms in total. The van der Waals surface area contributed by atoms with E-state index in [2.05, 4.69) is 10.6 Å². The average molecular weight is 304 g/mol. The Morgan fingerprint density at radius 2 is 1.85 bits per heavy atom. The van der Waals surface area contributed by atoms with Gasteiger partial charge < -0.3 is 15.5 Å². The number of amides is 2. The second kappa shape index (κ2) is 9.19. The van der Waals surface area contributed by atoms with Crippen molar-refractivity contribution in [1.82, 2.24) is 15.5 Å². The molecule has 0 aromatic carbocycles. The maximum absolute atomic E-state index is 11.9. The lowest BCUT2D eigenvalue weighted by Crippen LogP contribution is -2.47. The molecule has 0 saturated carbocycles. The Morgan fingerprint density at radius 3 is 2.50 bits per heavy atom. The monoisotopic (exact) mass is 303 g/mol. The third kappa shape index (κ3) is 5.29. The first kappa shape index (κ1) is 17.2. The van der Waals surface area contributed by atoms with E-state index in [1.165, 1.54) is 6.42 Å². The van der Waals surface area contributed by atoms with Crippen LogP contribution in [0, 0.1) is 0 Å². The van der Waals surface area contributed by atoms with Gasteiger partial charge in [0.2, 0.25) is 11.8 Å². The van der Waals surface area contributed by atoms with E-state index in [4.69, 9.17) is 0 Å². The second-order valence-electron chi connectivity index (χ2n) is 5.48. The van der Waals surface area contributed by atoms with E-state index in [0.717, 1.165) is 51.7 Å². The van der Waals surface area contributed by atoms with Crippen LogP contribution in [0.2, 0.25) is 0 Å². The van der Waals surface area contributed by atoms with Crippen LogP contribution in [0.15, 0.2) is 0 Å². The molecule has 2 saturated heterocycles. The Bertz CT molecular complexity index is 284. The Morgan fingerprint density at radius 1 is 1.10 bits per heavy atom. The molecule has 0 bridgehead atoms. The Balaban J connectivity index is 0.00000200. The molecule has 2 aliphatic rings. The zero-order valence-electron chi connectivity index (χ0n) is 12.0. The van der Waals surface area contributed by atoms with Gasteiger partial charge >= 0.3 is 0 Å². The summed E-state index contributed by atoms with van der Waals surface area (Å²) < 4.78 is 0. The highest BCUT2D eigenvalue weighted by molar-refractivity contribution is 5.85. The molecule has 1 unspecified atom stereocenters. The highest BCUT2D eigenvalue weighted by Crippen LogP contribution is 2.10. The molecule has 0 spiro atoms. The minimum atomic E-state index is -0.0566. The number of halogens is 1. The Kier molecular flexibility index (Phi) is 7.92. The molecule has 2 N–H and O–H groups in total. The highest BCUT2D eigenvalue weighted by Gasteiger charge is 2.21. The fraction of sp³-hybridized carbons (Fsp3) is 0.857. The first-order valence-corrected chi connectivity index (χ1v) is 7.56. The molecule has 0 radical (unpaired) electrons. The summed E-state index contributed by atoms with van der Waals surface area (Å²) in [7, 11) is 0. The predicted molar refractivity (Wildman–Crippen MR) is 80.9 cm³/mol. The van der Waals surface area contributed by atoms with E-state index in [-0.39, 0.29) is 30.3 Å². The van der Waals surface area contributed by atoms with Crippen molar-refractivity contribution in [1.29, 1.82) is 0 Å². The number of piperidine rings is 2. The van der Waals surface area contributed by atoms with Crippen molar-refractivity contribution in [2.24, 2.45) is 0 Å². The molecular formula is C14H26ClN3O2. The van der Waals surface area contributed by atoms with E-state index in [9.17, 15) is 9.59 Å². The number of likely N-dealkylation sites (tertiary alicyclic amines) is 1. The van der Waals surface area contributed by atoms with E-state index in [1.54, 1.807) is 0 Å². The van der Waals surface area contributed by atoms with Crippen molar-refractivity contribution in [3.63, 3.8) is 0 Å². The minimum absolute atomic E-state index is 0. The summed E-state index contributed by atoms with van der Waals surface area (Å²) in [5.41, 5.74) is 0.